The van der Waals surface area contributed by atoms with Gasteiger partial charge in [0.2, 0.25) is 5.91 Å². The molecule has 0 radical (unpaired) electrons. The van der Waals surface area contributed by atoms with Crippen LogP contribution in [-0.2, 0) is 11.2 Å². The van der Waals surface area contributed by atoms with Gasteiger partial charge >= 0.3 is 0 Å². The van der Waals surface area contributed by atoms with Crippen LogP contribution in [-0.4, -0.2) is 13.0 Å². The quantitative estimate of drug-likeness (QED) is 0.643. The minimum Gasteiger partial charge on any atom is -0.315 e. The van der Waals surface area contributed by atoms with E-state index in [0.29, 0.717) is 21.5 Å². The van der Waals surface area contributed by atoms with Crippen molar-refractivity contribution in [1.82, 2.24) is 0 Å². The zero-order chi connectivity index (χ0) is 17.0. The van der Waals surface area contributed by atoms with Gasteiger partial charge in [0, 0.05) is 24.2 Å². The number of nitrogens with zero attached hydrogens (tertiary/aromatic N) is 1. The third kappa shape index (κ3) is 5.13. The lowest BCUT2D eigenvalue weighted by atomic mass is 9.97. The van der Waals surface area contributed by atoms with Gasteiger partial charge in [-0.1, -0.05) is 47.8 Å². The smallest absolute Gasteiger partial charge is 0.226 e. The van der Waals surface area contributed by atoms with E-state index < -0.39 is 0 Å². The van der Waals surface area contributed by atoms with Crippen molar-refractivity contribution in [1.29, 1.82) is 0 Å². The van der Waals surface area contributed by atoms with Gasteiger partial charge in [-0.3, -0.25) is 4.79 Å². The first-order chi connectivity index (χ1) is 10.9. The number of rotatable bonds is 5. The second kappa shape index (κ2) is 8.05. The second-order valence-corrected chi connectivity index (χ2v) is 6.94. The van der Waals surface area contributed by atoms with Gasteiger partial charge in [-0.25, -0.2) is 0 Å². The van der Waals surface area contributed by atoms with E-state index in [2.05, 4.69) is 6.92 Å². The predicted molar refractivity (Wildman–Crippen MR) is 98.8 cm³/mol. The summed E-state index contributed by atoms with van der Waals surface area (Å²) < 4.78 is 0. The van der Waals surface area contributed by atoms with Crippen molar-refractivity contribution in [3.05, 3.63) is 63.1 Å². The van der Waals surface area contributed by atoms with Crippen molar-refractivity contribution in [2.24, 2.45) is 5.92 Å². The molecule has 0 aliphatic rings. The molecule has 0 spiro atoms. The van der Waals surface area contributed by atoms with Crippen molar-refractivity contribution in [3.8, 4) is 0 Å². The van der Waals surface area contributed by atoms with Crippen LogP contribution in [0.25, 0.3) is 0 Å². The third-order valence-corrected chi connectivity index (χ3v) is 4.67. The van der Waals surface area contributed by atoms with Gasteiger partial charge in [0.25, 0.3) is 0 Å². The van der Waals surface area contributed by atoms with E-state index in [-0.39, 0.29) is 11.8 Å². The van der Waals surface area contributed by atoms with Crippen molar-refractivity contribution >= 4 is 46.4 Å². The average Bonchev–Trinajstić information content (AvgIpc) is 2.51. The number of carbonyl (C=O) groups is 1. The van der Waals surface area contributed by atoms with Crippen molar-refractivity contribution in [2.45, 2.75) is 19.8 Å². The van der Waals surface area contributed by atoms with Gasteiger partial charge in [0.15, 0.2) is 0 Å². The molecule has 23 heavy (non-hydrogen) atoms. The van der Waals surface area contributed by atoms with Crippen LogP contribution in [0.5, 0.6) is 0 Å². The first-order valence-electron chi connectivity index (χ1n) is 7.33. The van der Waals surface area contributed by atoms with E-state index in [1.807, 2.05) is 24.3 Å². The summed E-state index contributed by atoms with van der Waals surface area (Å²) in [7, 11) is 1.78. The Kier molecular flexibility index (Phi) is 6.34. The van der Waals surface area contributed by atoms with Gasteiger partial charge < -0.3 is 4.90 Å². The molecule has 1 unspecified atom stereocenters. The molecule has 1 amide bonds. The van der Waals surface area contributed by atoms with Gasteiger partial charge in [-0.2, -0.15) is 0 Å². The lowest BCUT2D eigenvalue weighted by Crippen LogP contribution is -2.28. The number of hydrogen-bond acceptors (Lipinski definition) is 1. The number of benzene rings is 2. The van der Waals surface area contributed by atoms with Crippen LogP contribution in [0.15, 0.2) is 42.5 Å². The zero-order valence-electron chi connectivity index (χ0n) is 13.0. The van der Waals surface area contributed by atoms with Gasteiger partial charge in [-0.05, 0) is 54.3 Å². The molecule has 122 valence electrons. The Morgan fingerprint density at radius 1 is 1.04 bits per heavy atom. The lowest BCUT2D eigenvalue weighted by molar-refractivity contribution is -0.119. The van der Waals surface area contributed by atoms with Crippen LogP contribution in [0, 0.1) is 5.92 Å². The summed E-state index contributed by atoms with van der Waals surface area (Å²) in [4.78, 5) is 14.1. The molecule has 0 saturated heterocycles. The average molecular weight is 371 g/mol. The fourth-order valence-electron chi connectivity index (χ4n) is 2.38. The summed E-state index contributed by atoms with van der Waals surface area (Å²) >= 11 is 17.8. The summed E-state index contributed by atoms with van der Waals surface area (Å²) in [6, 6.07) is 12.8. The Morgan fingerprint density at radius 3 is 2.30 bits per heavy atom. The van der Waals surface area contributed by atoms with E-state index in [9.17, 15) is 4.79 Å². The highest BCUT2D eigenvalue weighted by Crippen LogP contribution is 2.25. The first-order valence-corrected chi connectivity index (χ1v) is 8.46. The van der Waals surface area contributed by atoms with Crippen LogP contribution in [0.1, 0.15) is 18.9 Å². The molecule has 0 aliphatic heterocycles. The Morgan fingerprint density at radius 2 is 1.70 bits per heavy atom. The summed E-state index contributed by atoms with van der Waals surface area (Å²) in [5.41, 5.74) is 1.91. The molecule has 1 atom stereocenters. The van der Waals surface area contributed by atoms with E-state index >= 15 is 0 Å². The Labute approximate surface area is 152 Å². The number of anilines is 1. The zero-order valence-corrected chi connectivity index (χ0v) is 15.3. The van der Waals surface area contributed by atoms with Crippen molar-refractivity contribution in [3.63, 3.8) is 0 Å². The van der Waals surface area contributed by atoms with E-state index in [4.69, 9.17) is 34.8 Å². The third-order valence-electron chi connectivity index (χ3n) is 3.68. The SMILES string of the molecule is CC(CC(=O)N(C)c1ccc(Cl)cc1)Cc1ccc(Cl)c(Cl)c1. The van der Waals surface area contributed by atoms with E-state index in [1.165, 1.54) is 0 Å². The number of hydrogen-bond donors (Lipinski definition) is 0. The largest absolute Gasteiger partial charge is 0.315 e. The minimum absolute atomic E-state index is 0.0693. The molecule has 0 fully saturated rings. The van der Waals surface area contributed by atoms with Crippen LogP contribution >= 0.6 is 34.8 Å². The molecule has 5 heteroatoms. The highest BCUT2D eigenvalue weighted by Gasteiger charge is 2.15. The topological polar surface area (TPSA) is 20.3 Å². The summed E-state index contributed by atoms with van der Waals surface area (Å²) in [5, 5.41) is 1.74. The van der Waals surface area contributed by atoms with Crippen molar-refractivity contribution < 1.29 is 4.79 Å². The fraction of sp³-hybridized carbons (Fsp3) is 0.278. The highest BCUT2D eigenvalue weighted by atomic mass is 35.5. The molecule has 2 nitrogen and oxygen atoms in total. The van der Waals surface area contributed by atoms with Gasteiger partial charge in [-0.15, -0.1) is 0 Å². The number of amides is 1. The number of halogens is 3. The summed E-state index contributed by atoms with van der Waals surface area (Å²) in [5.74, 6) is 0.273. The molecule has 0 N–H and O–H groups in total. The van der Waals surface area contributed by atoms with Crippen LogP contribution in [0.3, 0.4) is 0 Å². The minimum atomic E-state index is 0.0693. The van der Waals surface area contributed by atoms with E-state index in [1.54, 1.807) is 30.1 Å². The van der Waals surface area contributed by atoms with Crippen LogP contribution < -0.4 is 4.90 Å². The molecule has 0 aromatic heterocycles. The lowest BCUT2D eigenvalue weighted by Gasteiger charge is -2.20. The predicted octanol–water partition coefficient (Wildman–Crippen LogP) is 5.88. The Balaban J connectivity index is 1.95. The second-order valence-electron chi connectivity index (χ2n) is 5.69. The monoisotopic (exact) mass is 369 g/mol. The van der Waals surface area contributed by atoms with Crippen LogP contribution in [0.2, 0.25) is 15.1 Å². The van der Waals surface area contributed by atoms with Crippen LogP contribution in [0.4, 0.5) is 5.69 Å². The molecular formula is C18H18Cl3NO. The standard InChI is InChI=1S/C18H18Cl3NO/c1-12(9-13-3-8-16(20)17(21)11-13)10-18(23)22(2)15-6-4-14(19)5-7-15/h3-8,11-12H,9-10H2,1-2H3. The molecular weight excluding hydrogens is 353 g/mol. The Bertz CT molecular complexity index is 685. The maximum atomic E-state index is 12.4. The maximum absolute atomic E-state index is 12.4. The molecule has 0 aliphatic carbocycles. The molecule has 2 aromatic rings. The van der Waals surface area contributed by atoms with E-state index in [0.717, 1.165) is 17.7 Å². The molecule has 2 rings (SSSR count). The number of carbonyl (C=O) groups excluding carboxylic acids is 1. The molecule has 0 saturated carbocycles. The van der Waals surface area contributed by atoms with Gasteiger partial charge in [0.05, 0.1) is 10.0 Å². The summed E-state index contributed by atoms with van der Waals surface area (Å²) in [6.45, 7) is 2.05. The normalized spacial score (nSPS) is 12.0. The molecule has 0 bridgehead atoms. The molecule has 0 heterocycles. The van der Waals surface area contributed by atoms with Crippen molar-refractivity contribution in [2.75, 3.05) is 11.9 Å². The highest BCUT2D eigenvalue weighted by molar-refractivity contribution is 6.42. The van der Waals surface area contributed by atoms with Gasteiger partial charge in [0.1, 0.15) is 0 Å². The Hall–Kier alpha value is -1.22. The maximum Gasteiger partial charge on any atom is 0.226 e. The fourth-order valence-corrected chi connectivity index (χ4v) is 2.83. The first kappa shape index (κ1) is 18.1. The summed E-state index contributed by atoms with van der Waals surface area (Å²) in [6.07, 6.45) is 1.23. The molecule has 2 aromatic carbocycles.